The van der Waals surface area contributed by atoms with Crippen LogP contribution in [0.2, 0.25) is 0 Å². The number of fused-ring (bicyclic) bond motifs is 3. The molecule has 1 aliphatic heterocycles. The molecule has 0 radical (unpaired) electrons. The van der Waals surface area contributed by atoms with E-state index in [2.05, 4.69) is 12.2 Å². The highest BCUT2D eigenvalue weighted by atomic mass is 16.5. The van der Waals surface area contributed by atoms with Gasteiger partial charge in [-0.25, -0.2) is 0 Å². The van der Waals surface area contributed by atoms with Gasteiger partial charge in [0, 0.05) is 30.6 Å². The summed E-state index contributed by atoms with van der Waals surface area (Å²) in [5.41, 5.74) is 1.33. The molecule has 0 saturated heterocycles. The molecule has 2 aliphatic rings. The summed E-state index contributed by atoms with van der Waals surface area (Å²) in [7, 11) is 0. The number of para-hydroxylation sites is 1. The molecule has 0 aromatic heterocycles. The Balaban J connectivity index is 1.95. The maximum atomic E-state index is 13.0. The number of unbranched alkanes of at least 4 members (excludes halogenated alkanes) is 3. The number of hydrogen-bond donors (Lipinski definition) is 3. The first kappa shape index (κ1) is 23.3. The van der Waals surface area contributed by atoms with Crippen LogP contribution in [0.5, 0.6) is 5.75 Å². The second-order valence-corrected chi connectivity index (χ2v) is 8.18. The van der Waals surface area contributed by atoms with E-state index in [1.807, 2.05) is 24.3 Å². The maximum Gasteiger partial charge on any atom is 0.247 e. The van der Waals surface area contributed by atoms with Crippen molar-refractivity contribution in [3.05, 3.63) is 41.5 Å². The summed E-state index contributed by atoms with van der Waals surface area (Å²) in [6.45, 7) is 4.44. The summed E-state index contributed by atoms with van der Waals surface area (Å²) in [6.07, 6.45) is 4.50. The Labute approximate surface area is 184 Å². The third kappa shape index (κ3) is 4.93. The van der Waals surface area contributed by atoms with Crippen molar-refractivity contribution in [2.45, 2.75) is 70.1 Å². The van der Waals surface area contributed by atoms with E-state index in [1.54, 1.807) is 17.9 Å². The molecule has 2 amide bonds. The quantitative estimate of drug-likeness (QED) is 0.494. The number of amides is 2. The van der Waals surface area contributed by atoms with Crippen LogP contribution in [0.4, 0.5) is 0 Å². The van der Waals surface area contributed by atoms with Crippen molar-refractivity contribution in [3.8, 4) is 5.75 Å². The van der Waals surface area contributed by atoms with Crippen LogP contribution in [0.3, 0.4) is 0 Å². The van der Waals surface area contributed by atoms with Gasteiger partial charge in [-0.3, -0.25) is 9.59 Å². The van der Waals surface area contributed by atoms with Crippen LogP contribution < -0.4 is 10.1 Å². The standard InChI is InChI=1S/C24H34N2O5/c1-3-5-6-9-13-26(20(28)4-2)18-15-17(24(30)25-12-14-27)21-16-10-7-8-11-19(16)31-23(21)22(18)29/h7-8,10-11,15,18,21-23,27,29H,3-6,9,12-14H2,1-2H3,(H,25,30)/t18-,21+,22+,23+/m1/s1. The molecule has 170 valence electrons. The van der Waals surface area contributed by atoms with Gasteiger partial charge in [0.25, 0.3) is 0 Å². The number of aliphatic hydroxyl groups is 2. The minimum atomic E-state index is -0.950. The monoisotopic (exact) mass is 430 g/mol. The number of carbonyl (C=O) groups is 2. The summed E-state index contributed by atoms with van der Waals surface area (Å²) in [5, 5.41) is 23.1. The predicted octanol–water partition coefficient (Wildman–Crippen LogP) is 2.13. The van der Waals surface area contributed by atoms with Crippen molar-refractivity contribution in [1.29, 1.82) is 0 Å². The molecule has 7 nitrogen and oxygen atoms in total. The number of carbonyl (C=O) groups excluding carboxylic acids is 2. The van der Waals surface area contributed by atoms with Gasteiger partial charge in [0.05, 0.1) is 18.6 Å². The first-order valence-corrected chi connectivity index (χ1v) is 11.4. The van der Waals surface area contributed by atoms with Crippen LogP contribution in [0.15, 0.2) is 35.9 Å². The molecule has 0 unspecified atom stereocenters. The molecule has 3 N–H and O–H groups in total. The molecule has 3 rings (SSSR count). The minimum absolute atomic E-state index is 0.0547. The third-order valence-corrected chi connectivity index (χ3v) is 6.11. The number of aliphatic hydroxyl groups excluding tert-OH is 2. The van der Waals surface area contributed by atoms with Gasteiger partial charge in [-0.2, -0.15) is 0 Å². The zero-order valence-electron chi connectivity index (χ0n) is 18.4. The number of rotatable bonds is 10. The molecular formula is C24H34N2O5. The van der Waals surface area contributed by atoms with Crippen LogP contribution in [0, 0.1) is 0 Å². The molecule has 1 aromatic carbocycles. The van der Waals surface area contributed by atoms with Gasteiger partial charge in [0.2, 0.25) is 11.8 Å². The normalized spacial score (nSPS) is 23.9. The minimum Gasteiger partial charge on any atom is -0.486 e. The van der Waals surface area contributed by atoms with Gasteiger partial charge in [-0.1, -0.05) is 51.3 Å². The zero-order valence-corrected chi connectivity index (χ0v) is 18.4. The van der Waals surface area contributed by atoms with Crippen molar-refractivity contribution in [1.82, 2.24) is 10.2 Å². The number of ether oxygens (including phenoxy) is 1. The summed E-state index contributed by atoms with van der Waals surface area (Å²) in [6, 6.07) is 6.83. The highest BCUT2D eigenvalue weighted by molar-refractivity contribution is 5.96. The van der Waals surface area contributed by atoms with E-state index in [0.29, 0.717) is 24.3 Å². The lowest BCUT2D eigenvalue weighted by molar-refractivity contribution is -0.137. The first-order chi connectivity index (χ1) is 15.0. The van der Waals surface area contributed by atoms with E-state index in [1.165, 1.54) is 0 Å². The Hall–Kier alpha value is -2.38. The molecule has 4 atom stereocenters. The van der Waals surface area contributed by atoms with Gasteiger partial charge in [-0.15, -0.1) is 0 Å². The second-order valence-electron chi connectivity index (χ2n) is 8.18. The number of hydrogen-bond acceptors (Lipinski definition) is 5. The summed E-state index contributed by atoms with van der Waals surface area (Å²) >= 11 is 0. The Morgan fingerprint density at radius 1 is 1.16 bits per heavy atom. The SMILES string of the molecule is CCCCCCN(C(=O)CC)[C@@H]1C=C(C(=O)NCCO)[C@@H]2c3ccccc3O[C@@H]2[C@H]1O. The molecule has 0 saturated carbocycles. The lowest BCUT2D eigenvalue weighted by Crippen LogP contribution is -2.56. The van der Waals surface area contributed by atoms with E-state index in [-0.39, 0.29) is 25.0 Å². The largest absolute Gasteiger partial charge is 0.486 e. The van der Waals surface area contributed by atoms with Gasteiger partial charge >= 0.3 is 0 Å². The Morgan fingerprint density at radius 2 is 1.94 bits per heavy atom. The summed E-state index contributed by atoms with van der Waals surface area (Å²) < 4.78 is 6.09. The van der Waals surface area contributed by atoms with Crippen molar-refractivity contribution in [2.24, 2.45) is 0 Å². The molecule has 1 aliphatic carbocycles. The fourth-order valence-electron chi connectivity index (χ4n) is 4.54. The van der Waals surface area contributed by atoms with E-state index in [0.717, 1.165) is 31.2 Å². The van der Waals surface area contributed by atoms with Crippen LogP contribution in [-0.2, 0) is 9.59 Å². The lowest BCUT2D eigenvalue weighted by Gasteiger charge is -2.40. The molecule has 0 bridgehead atoms. The topological polar surface area (TPSA) is 99.1 Å². The summed E-state index contributed by atoms with van der Waals surface area (Å²) in [4.78, 5) is 27.5. The van der Waals surface area contributed by atoms with E-state index >= 15 is 0 Å². The number of benzene rings is 1. The average Bonchev–Trinajstić information content (AvgIpc) is 3.18. The molecule has 0 fully saturated rings. The zero-order chi connectivity index (χ0) is 22.4. The Kier molecular flexibility index (Phi) is 8.09. The van der Waals surface area contributed by atoms with Gasteiger partial charge in [0.1, 0.15) is 18.0 Å². The Bertz CT molecular complexity index is 809. The molecule has 1 aromatic rings. The fraction of sp³-hybridized carbons (Fsp3) is 0.583. The highest BCUT2D eigenvalue weighted by Gasteiger charge is 2.50. The lowest BCUT2D eigenvalue weighted by atomic mass is 9.77. The summed E-state index contributed by atoms with van der Waals surface area (Å²) in [5.74, 6) is -0.133. The molecular weight excluding hydrogens is 396 g/mol. The molecule has 31 heavy (non-hydrogen) atoms. The third-order valence-electron chi connectivity index (χ3n) is 6.11. The van der Waals surface area contributed by atoms with E-state index in [4.69, 9.17) is 9.84 Å². The highest BCUT2D eigenvalue weighted by Crippen LogP contribution is 2.47. The molecule has 0 spiro atoms. The first-order valence-electron chi connectivity index (χ1n) is 11.4. The van der Waals surface area contributed by atoms with Crippen LogP contribution in [0.1, 0.15) is 57.4 Å². The van der Waals surface area contributed by atoms with Crippen molar-refractivity contribution < 1.29 is 24.5 Å². The Morgan fingerprint density at radius 3 is 2.65 bits per heavy atom. The van der Waals surface area contributed by atoms with E-state index < -0.39 is 24.2 Å². The predicted molar refractivity (Wildman–Crippen MR) is 118 cm³/mol. The number of nitrogens with one attached hydrogen (secondary N) is 1. The van der Waals surface area contributed by atoms with Crippen molar-refractivity contribution in [2.75, 3.05) is 19.7 Å². The molecule has 7 heteroatoms. The van der Waals surface area contributed by atoms with Crippen molar-refractivity contribution >= 4 is 11.8 Å². The van der Waals surface area contributed by atoms with Gasteiger partial charge in [-0.05, 0) is 18.6 Å². The molecule has 1 heterocycles. The number of nitrogens with zero attached hydrogens (tertiary/aromatic N) is 1. The van der Waals surface area contributed by atoms with Gasteiger partial charge < -0.3 is 25.2 Å². The average molecular weight is 431 g/mol. The smallest absolute Gasteiger partial charge is 0.247 e. The second kappa shape index (κ2) is 10.8. The van der Waals surface area contributed by atoms with Gasteiger partial charge in [0.15, 0.2) is 0 Å². The maximum absolute atomic E-state index is 13.0. The van der Waals surface area contributed by atoms with Crippen molar-refractivity contribution in [3.63, 3.8) is 0 Å². The van der Waals surface area contributed by atoms with E-state index in [9.17, 15) is 14.7 Å². The van der Waals surface area contributed by atoms with Crippen LogP contribution in [-0.4, -0.2) is 64.9 Å². The van der Waals surface area contributed by atoms with Crippen LogP contribution >= 0.6 is 0 Å². The van der Waals surface area contributed by atoms with Crippen LogP contribution in [0.25, 0.3) is 0 Å². The fourth-order valence-corrected chi connectivity index (χ4v) is 4.54.